The molecule has 0 aliphatic heterocycles. The molecule has 2 heterocycles. The topological polar surface area (TPSA) is 57.8 Å². The summed E-state index contributed by atoms with van der Waals surface area (Å²) in [5.41, 5.74) is -2.43. The second-order valence-corrected chi connectivity index (χ2v) is 6.15. The largest absolute Gasteiger partial charge is 0.446 e. The van der Waals surface area contributed by atoms with Gasteiger partial charge in [-0.15, -0.1) is 0 Å². The predicted octanol–water partition coefficient (Wildman–Crippen LogP) is 4.10. The van der Waals surface area contributed by atoms with Crippen molar-refractivity contribution in [3.8, 4) is 0 Å². The van der Waals surface area contributed by atoms with Crippen LogP contribution in [-0.4, -0.2) is 21.4 Å². The number of nitrogens with zero attached hydrogens (tertiary/aromatic N) is 1. The summed E-state index contributed by atoms with van der Waals surface area (Å²) in [6.07, 6.45) is 2.87. The van der Waals surface area contributed by atoms with Crippen molar-refractivity contribution in [3.63, 3.8) is 0 Å². The quantitative estimate of drug-likeness (QED) is 0.696. The molecule has 2 aromatic heterocycles. The second-order valence-electron chi connectivity index (χ2n) is 5.01. The normalized spacial score (nSPS) is 11.6. The SMILES string of the molecule is O=C(NCc1ccc2cc[nH]c2c1)c1ccc(SC(F)(F)F)cn1. The molecule has 2 N–H and O–H groups in total. The minimum atomic E-state index is -4.37. The first-order valence-electron chi connectivity index (χ1n) is 6.97. The lowest BCUT2D eigenvalue weighted by atomic mass is 10.1. The number of nitrogens with one attached hydrogen (secondary N) is 2. The lowest BCUT2D eigenvalue weighted by Gasteiger charge is -2.07. The number of hydrogen-bond acceptors (Lipinski definition) is 3. The van der Waals surface area contributed by atoms with Crippen LogP contribution < -0.4 is 5.32 Å². The standard InChI is InChI=1S/C16H12F3N3OS/c17-16(18,19)24-12-3-4-13(21-9-12)15(23)22-8-10-1-2-11-5-6-20-14(11)7-10/h1-7,9,20H,8H2,(H,22,23). The van der Waals surface area contributed by atoms with Crippen LogP contribution in [0.4, 0.5) is 13.2 Å². The zero-order valence-electron chi connectivity index (χ0n) is 12.2. The minimum Gasteiger partial charge on any atom is -0.361 e. The number of aromatic nitrogens is 2. The van der Waals surface area contributed by atoms with Crippen molar-refractivity contribution in [1.82, 2.24) is 15.3 Å². The smallest absolute Gasteiger partial charge is 0.361 e. The molecule has 124 valence electrons. The van der Waals surface area contributed by atoms with E-state index < -0.39 is 11.4 Å². The Bertz CT molecular complexity index is 859. The van der Waals surface area contributed by atoms with E-state index in [0.717, 1.165) is 22.7 Å². The Kier molecular flexibility index (Phi) is 4.48. The number of alkyl halides is 3. The maximum atomic E-state index is 12.2. The Morgan fingerprint density at radius 3 is 2.75 bits per heavy atom. The Balaban J connectivity index is 1.62. The first-order chi connectivity index (χ1) is 11.4. The molecule has 3 aromatic rings. The zero-order valence-corrected chi connectivity index (χ0v) is 13.0. The second kappa shape index (κ2) is 6.56. The minimum absolute atomic E-state index is 0.0590. The van der Waals surface area contributed by atoms with E-state index >= 15 is 0 Å². The van der Waals surface area contributed by atoms with Gasteiger partial charge < -0.3 is 10.3 Å². The van der Waals surface area contributed by atoms with E-state index in [0.29, 0.717) is 6.54 Å². The number of carbonyl (C=O) groups is 1. The van der Waals surface area contributed by atoms with Gasteiger partial charge in [0.1, 0.15) is 5.69 Å². The lowest BCUT2D eigenvalue weighted by molar-refractivity contribution is -0.0328. The number of hydrogen-bond donors (Lipinski definition) is 2. The third-order valence-corrected chi connectivity index (χ3v) is 3.98. The third kappa shape index (κ3) is 4.08. The van der Waals surface area contributed by atoms with Crippen molar-refractivity contribution in [1.29, 1.82) is 0 Å². The number of rotatable bonds is 4. The van der Waals surface area contributed by atoms with Gasteiger partial charge in [-0.3, -0.25) is 4.79 Å². The Morgan fingerprint density at radius 2 is 2.04 bits per heavy atom. The summed E-state index contributed by atoms with van der Waals surface area (Å²) in [4.78, 5) is 18.8. The first-order valence-corrected chi connectivity index (χ1v) is 7.78. The van der Waals surface area contributed by atoms with Crippen LogP contribution in [-0.2, 0) is 6.54 Å². The number of carbonyl (C=O) groups excluding carboxylic acids is 1. The molecule has 0 saturated heterocycles. The maximum absolute atomic E-state index is 12.2. The number of benzene rings is 1. The summed E-state index contributed by atoms with van der Waals surface area (Å²) in [5.74, 6) is -0.440. The number of aromatic amines is 1. The van der Waals surface area contributed by atoms with Crippen LogP contribution in [0.25, 0.3) is 10.9 Å². The van der Waals surface area contributed by atoms with Crippen molar-refractivity contribution in [2.75, 3.05) is 0 Å². The van der Waals surface area contributed by atoms with Gasteiger partial charge in [-0.1, -0.05) is 12.1 Å². The zero-order chi connectivity index (χ0) is 17.2. The van der Waals surface area contributed by atoms with Crippen LogP contribution in [0.3, 0.4) is 0 Å². The van der Waals surface area contributed by atoms with Crippen LogP contribution in [0.15, 0.2) is 53.7 Å². The monoisotopic (exact) mass is 351 g/mol. The molecule has 1 aromatic carbocycles. The van der Waals surface area contributed by atoms with Crippen molar-refractivity contribution < 1.29 is 18.0 Å². The molecule has 1 amide bonds. The molecule has 0 aliphatic carbocycles. The number of H-pyrrole nitrogens is 1. The lowest BCUT2D eigenvalue weighted by Crippen LogP contribution is -2.23. The molecule has 0 saturated carbocycles. The molecule has 0 aliphatic rings. The van der Waals surface area contributed by atoms with E-state index in [-0.39, 0.29) is 22.4 Å². The van der Waals surface area contributed by atoms with Crippen molar-refractivity contribution >= 4 is 28.6 Å². The molecule has 0 fully saturated rings. The molecular formula is C16H12F3N3OS. The van der Waals surface area contributed by atoms with E-state index in [1.165, 1.54) is 12.1 Å². The van der Waals surface area contributed by atoms with E-state index in [1.807, 2.05) is 30.5 Å². The van der Waals surface area contributed by atoms with Crippen molar-refractivity contribution in [3.05, 3.63) is 60.0 Å². The number of thioether (sulfide) groups is 1. The third-order valence-electron chi connectivity index (χ3n) is 3.28. The van der Waals surface area contributed by atoms with Crippen LogP contribution in [0, 0.1) is 0 Å². The van der Waals surface area contributed by atoms with Crippen LogP contribution in [0.5, 0.6) is 0 Å². The van der Waals surface area contributed by atoms with Crippen LogP contribution >= 0.6 is 11.8 Å². The van der Waals surface area contributed by atoms with Gasteiger partial charge in [0, 0.05) is 29.4 Å². The fourth-order valence-corrected chi connectivity index (χ4v) is 2.70. The fourth-order valence-electron chi connectivity index (χ4n) is 2.19. The summed E-state index contributed by atoms with van der Waals surface area (Å²) >= 11 is -0.264. The van der Waals surface area contributed by atoms with Gasteiger partial charge in [0.2, 0.25) is 0 Å². The molecule has 4 nitrogen and oxygen atoms in total. The van der Waals surface area contributed by atoms with Crippen molar-refractivity contribution in [2.24, 2.45) is 0 Å². The first kappa shape index (κ1) is 16.4. The van der Waals surface area contributed by atoms with Gasteiger partial charge in [0.25, 0.3) is 5.91 Å². The molecule has 0 bridgehead atoms. The summed E-state index contributed by atoms with van der Waals surface area (Å²) in [6, 6.07) is 10.2. The summed E-state index contributed by atoms with van der Waals surface area (Å²) in [7, 11) is 0. The highest BCUT2D eigenvalue weighted by molar-refractivity contribution is 8.00. The fraction of sp³-hybridized carbons (Fsp3) is 0.125. The predicted molar refractivity (Wildman–Crippen MR) is 85.6 cm³/mol. The van der Waals surface area contributed by atoms with E-state index in [9.17, 15) is 18.0 Å². The molecule has 3 rings (SSSR count). The van der Waals surface area contributed by atoms with Gasteiger partial charge in [-0.25, -0.2) is 4.98 Å². The van der Waals surface area contributed by atoms with Crippen LogP contribution in [0.1, 0.15) is 16.1 Å². The van der Waals surface area contributed by atoms with E-state index in [4.69, 9.17) is 0 Å². The Hall–Kier alpha value is -2.48. The highest BCUT2D eigenvalue weighted by atomic mass is 32.2. The number of fused-ring (bicyclic) bond motifs is 1. The van der Waals surface area contributed by atoms with E-state index in [1.54, 1.807) is 0 Å². The molecular weight excluding hydrogens is 339 g/mol. The molecule has 0 radical (unpaired) electrons. The van der Waals surface area contributed by atoms with Gasteiger partial charge in [0.15, 0.2) is 0 Å². The molecule has 24 heavy (non-hydrogen) atoms. The van der Waals surface area contributed by atoms with E-state index in [2.05, 4.69) is 15.3 Å². The average Bonchev–Trinajstić information content (AvgIpc) is 2.99. The highest BCUT2D eigenvalue weighted by Gasteiger charge is 2.29. The van der Waals surface area contributed by atoms with Crippen molar-refractivity contribution in [2.45, 2.75) is 16.9 Å². The molecule has 0 unspecified atom stereocenters. The summed E-state index contributed by atoms with van der Waals surface area (Å²) < 4.78 is 36.7. The highest BCUT2D eigenvalue weighted by Crippen LogP contribution is 2.36. The molecule has 0 spiro atoms. The Morgan fingerprint density at radius 1 is 1.21 bits per heavy atom. The summed E-state index contributed by atoms with van der Waals surface area (Å²) in [5, 5.41) is 3.77. The van der Waals surface area contributed by atoms with Crippen LogP contribution in [0.2, 0.25) is 0 Å². The molecule has 0 atom stereocenters. The number of pyridine rings is 1. The van der Waals surface area contributed by atoms with Gasteiger partial charge in [0.05, 0.1) is 0 Å². The summed E-state index contributed by atoms with van der Waals surface area (Å²) in [6.45, 7) is 0.300. The Labute approximate surface area is 139 Å². The van der Waals surface area contributed by atoms with Gasteiger partial charge >= 0.3 is 5.51 Å². The molecule has 8 heteroatoms. The van der Waals surface area contributed by atoms with Gasteiger partial charge in [-0.2, -0.15) is 13.2 Å². The maximum Gasteiger partial charge on any atom is 0.446 e. The number of amides is 1. The average molecular weight is 351 g/mol. The van der Waals surface area contributed by atoms with Gasteiger partial charge in [-0.05, 0) is 47.0 Å². The number of halogens is 3.